The van der Waals surface area contributed by atoms with E-state index >= 15 is 0 Å². The fourth-order valence-corrected chi connectivity index (χ4v) is 2.30. The first kappa shape index (κ1) is 10.2. The van der Waals surface area contributed by atoms with E-state index in [1.807, 2.05) is 30.3 Å². The maximum Gasteiger partial charge on any atom is 0.130 e. The smallest absolute Gasteiger partial charge is 0.130 e. The van der Waals surface area contributed by atoms with Crippen LogP contribution in [0.4, 0.5) is 0 Å². The van der Waals surface area contributed by atoms with E-state index < -0.39 is 0 Å². The second-order valence-corrected chi connectivity index (χ2v) is 4.26. The molecule has 0 unspecified atom stereocenters. The van der Waals surface area contributed by atoms with E-state index in [2.05, 4.69) is 6.07 Å². The van der Waals surface area contributed by atoms with Gasteiger partial charge in [0, 0.05) is 11.1 Å². The molecule has 2 aromatic carbocycles. The summed E-state index contributed by atoms with van der Waals surface area (Å²) in [6.07, 6.45) is 2.12. The molecule has 0 spiro atoms. The van der Waals surface area contributed by atoms with E-state index in [1.165, 1.54) is 5.56 Å². The number of phenolic OH excluding ortho intramolecular Hbond substituents is 1. The molecule has 1 aliphatic rings. The average Bonchev–Trinajstić information content (AvgIpc) is 2.39. The molecule has 0 saturated heterocycles. The fourth-order valence-electron chi connectivity index (χ4n) is 2.30. The van der Waals surface area contributed by atoms with E-state index in [-0.39, 0.29) is 0 Å². The molecule has 0 radical (unpaired) electrons. The Morgan fingerprint density at radius 3 is 2.65 bits per heavy atom. The number of benzene rings is 2. The third kappa shape index (κ3) is 1.76. The lowest BCUT2D eigenvalue weighted by Gasteiger charge is -2.20. The van der Waals surface area contributed by atoms with Crippen molar-refractivity contribution < 1.29 is 9.84 Å². The largest absolute Gasteiger partial charge is 0.507 e. The SMILES string of the molecule is Oc1ccccc1-c1cccc2c1OCCC2. The molecule has 2 heteroatoms. The van der Waals surface area contributed by atoms with Gasteiger partial charge in [0.1, 0.15) is 11.5 Å². The lowest BCUT2D eigenvalue weighted by molar-refractivity contribution is 0.289. The van der Waals surface area contributed by atoms with Gasteiger partial charge in [-0.1, -0.05) is 36.4 Å². The Hall–Kier alpha value is -1.96. The zero-order chi connectivity index (χ0) is 11.7. The maximum atomic E-state index is 9.91. The van der Waals surface area contributed by atoms with Crippen LogP contribution in [0.5, 0.6) is 11.5 Å². The minimum absolute atomic E-state index is 0.301. The molecule has 0 saturated carbocycles. The van der Waals surface area contributed by atoms with Crippen molar-refractivity contribution in [1.29, 1.82) is 0 Å². The zero-order valence-electron chi connectivity index (χ0n) is 9.52. The summed E-state index contributed by atoms with van der Waals surface area (Å²) in [7, 11) is 0. The minimum Gasteiger partial charge on any atom is -0.507 e. The highest BCUT2D eigenvalue weighted by atomic mass is 16.5. The fraction of sp³-hybridized carbons (Fsp3) is 0.200. The average molecular weight is 226 g/mol. The Morgan fingerprint density at radius 1 is 0.941 bits per heavy atom. The van der Waals surface area contributed by atoms with Crippen LogP contribution in [0.2, 0.25) is 0 Å². The molecule has 2 aromatic rings. The molecule has 1 heterocycles. The number of ether oxygens (including phenoxy) is 1. The van der Waals surface area contributed by atoms with Crippen LogP contribution >= 0.6 is 0 Å². The first-order chi connectivity index (χ1) is 8.36. The molecule has 0 atom stereocenters. The van der Waals surface area contributed by atoms with Crippen molar-refractivity contribution in [2.45, 2.75) is 12.8 Å². The predicted octanol–water partition coefficient (Wildman–Crippen LogP) is 3.38. The summed E-state index contributed by atoms with van der Waals surface area (Å²) >= 11 is 0. The van der Waals surface area contributed by atoms with Crippen LogP contribution in [0.3, 0.4) is 0 Å². The molecular formula is C15H14O2. The predicted molar refractivity (Wildman–Crippen MR) is 67.4 cm³/mol. The van der Waals surface area contributed by atoms with Crippen molar-refractivity contribution in [3.05, 3.63) is 48.0 Å². The molecule has 17 heavy (non-hydrogen) atoms. The number of aromatic hydroxyl groups is 1. The third-order valence-corrected chi connectivity index (χ3v) is 3.13. The molecule has 3 rings (SSSR count). The van der Waals surface area contributed by atoms with E-state index in [4.69, 9.17) is 4.74 Å². The van der Waals surface area contributed by atoms with E-state index in [1.54, 1.807) is 6.07 Å². The van der Waals surface area contributed by atoms with E-state index in [9.17, 15) is 5.11 Å². The van der Waals surface area contributed by atoms with E-state index in [0.29, 0.717) is 5.75 Å². The third-order valence-electron chi connectivity index (χ3n) is 3.13. The summed E-state index contributed by atoms with van der Waals surface area (Å²) in [5.74, 6) is 1.23. The van der Waals surface area contributed by atoms with Crippen molar-refractivity contribution in [2.24, 2.45) is 0 Å². The summed E-state index contributed by atoms with van der Waals surface area (Å²) < 4.78 is 5.75. The van der Waals surface area contributed by atoms with Gasteiger partial charge in [0.25, 0.3) is 0 Å². The lowest BCUT2D eigenvalue weighted by Crippen LogP contribution is -2.09. The van der Waals surface area contributed by atoms with Crippen LogP contribution in [-0.2, 0) is 6.42 Å². The van der Waals surface area contributed by atoms with Crippen molar-refractivity contribution in [3.8, 4) is 22.6 Å². The number of fused-ring (bicyclic) bond motifs is 1. The van der Waals surface area contributed by atoms with Gasteiger partial charge in [-0.2, -0.15) is 0 Å². The van der Waals surface area contributed by atoms with Gasteiger partial charge < -0.3 is 9.84 Å². The van der Waals surface area contributed by atoms with Crippen LogP contribution in [0.25, 0.3) is 11.1 Å². The number of hydrogen-bond acceptors (Lipinski definition) is 2. The van der Waals surface area contributed by atoms with Gasteiger partial charge >= 0.3 is 0 Å². The van der Waals surface area contributed by atoms with Gasteiger partial charge in [-0.15, -0.1) is 0 Å². The number of aryl methyl sites for hydroxylation is 1. The van der Waals surface area contributed by atoms with Crippen molar-refractivity contribution >= 4 is 0 Å². The van der Waals surface area contributed by atoms with Crippen LogP contribution < -0.4 is 4.74 Å². The summed E-state index contributed by atoms with van der Waals surface area (Å²) in [6, 6.07) is 13.5. The molecule has 1 aliphatic heterocycles. The summed E-state index contributed by atoms with van der Waals surface area (Å²) in [4.78, 5) is 0. The van der Waals surface area contributed by atoms with Crippen LogP contribution in [0, 0.1) is 0 Å². The molecule has 0 fully saturated rings. The summed E-state index contributed by atoms with van der Waals surface area (Å²) in [5.41, 5.74) is 3.06. The van der Waals surface area contributed by atoms with Gasteiger partial charge in [-0.25, -0.2) is 0 Å². The molecular weight excluding hydrogens is 212 g/mol. The van der Waals surface area contributed by atoms with Gasteiger partial charge in [0.2, 0.25) is 0 Å². The second-order valence-electron chi connectivity index (χ2n) is 4.26. The van der Waals surface area contributed by atoms with E-state index in [0.717, 1.165) is 36.3 Å². The Bertz CT molecular complexity index is 546. The molecule has 0 aliphatic carbocycles. The molecule has 0 bridgehead atoms. The highest BCUT2D eigenvalue weighted by Crippen LogP contribution is 2.39. The van der Waals surface area contributed by atoms with Crippen molar-refractivity contribution in [3.63, 3.8) is 0 Å². The topological polar surface area (TPSA) is 29.5 Å². The second kappa shape index (κ2) is 4.13. The normalized spacial score (nSPS) is 13.9. The molecule has 86 valence electrons. The van der Waals surface area contributed by atoms with Gasteiger partial charge in [-0.3, -0.25) is 0 Å². The number of hydrogen-bond donors (Lipinski definition) is 1. The van der Waals surface area contributed by atoms with Gasteiger partial charge in [0.05, 0.1) is 6.61 Å². The van der Waals surface area contributed by atoms with Crippen LogP contribution in [-0.4, -0.2) is 11.7 Å². The quantitative estimate of drug-likeness (QED) is 0.807. The van der Waals surface area contributed by atoms with Crippen LogP contribution in [0.15, 0.2) is 42.5 Å². The van der Waals surface area contributed by atoms with Crippen LogP contribution in [0.1, 0.15) is 12.0 Å². The first-order valence-electron chi connectivity index (χ1n) is 5.89. The first-order valence-corrected chi connectivity index (χ1v) is 5.89. The van der Waals surface area contributed by atoms with Gasteiger partial charge in [0.15, 0.2) is 0 Å². The molecule has 0 amide bonds. The highest BCUT2D eigenvalue weighted by molar-refractivity contribution is 5.76. The number of phenols is 1. The minimum atomic E-state index is 0.301. The van der Waals surface area contributed by atoms with Gasteiger partial charge in [-0.05, 0) is 24.5 Å². The van der Waals surface area contributed by atoms with Crippen molar-refractivity contribution in [2.75, 3.05) is 6.61 Å². The summed E-state index contributed by atoms with van der Waals surface area (Å²) in [6.45, 7) is 0.762. The number of para-hydroxylation sites is 2. The standard InChI is InChI=1S/C15H14O2/c16-14-9-2-1-7-12(14)13-8-3-5-11-6-4-10-17-15(11)13/h1-3,5,7-9,16H,4,6,10H2. The lowest BCUT2D eigenvalue weighted by atomic mass is 9.97. The molecule has 0 aromatic heterocycles. The zero-order valence-corrected chi connectivity index (χ0v) is 9.52. The summed E-state index contributed by atoms with van der Waals surface area (Å²) in [5, 5.41) is 9.91. The Morgan fingerprint density at radius 2 is 1.76 bits per heavy atom. The van der Waals surface area contributed by atoms with Crippen molar-refractivity contribution in [1.82, 2.24) is 0 Å². The Balaban J connectivity index is 2.18. The maximum absolute atomic E-state index is 9.91. The Kier molecular flexibility index (Phi) is 2.48. The monoisotopic (exact) mass is 226 g/mol. The Labute approximate surface area is 100 Å². The molecule has 2 nitrogen and oxygen atoms in total. The highest BCUT2D eigenvalue weighted by Gasteiger charge is 2.16. The molecule has 1 N–H and O–H groups in total. The number of rotatable bonds is 1.